The Kier molecular flexibility index (Phi) is 11.4. The number of benzene rings is 1. The van der Waals surface area contributed by atoms with Crippen molar-refractivity contribution in [2.45, 2.75) is 26.2 Å². The maximum atomic E-state index is 5.63. The van der Waals surface area contributed by atoms with Gasteiger partial charge < -0.3 is 24.5 Å². The monoisotopic (exact) mass is 487 g/mol. The van der Waals surface area contributed by atoms with Gasteiger partial charge in [-0.25, -0.2) is 0 Å². The van der Waals surface area contributed by atoms with Crippen molar-refractivity contribution >= 4 is 29.9 Å². The SMILES string of the molecule is CCOc1cc(CCCNC(=NC)NCCc2ccco2)ccc1OC.I. The second kappa shape index (κ2) is 13.3. The fourth-order valence-electron chi connectivity index (χ4n) is 2.62. The van der Waals surface area contributed by atoms with Gasteiger partial charge in [-0.05, 0) is 49.6 Å². The second-order valence-electron chi connectivity index (χ2n) is 5.78. The van der Waals surface area contributed by atoms with Crippen molar-refractivity contribution in [3.05, 3.63) is 47.9 Å². The Morgan fingerprint density at radius 2 is 1.93 bits per heavy atom. The zero-order valence-corrected chi connectivity index (χ0v) is 18.6. The quantitative estimate of drug-likeness (QED) is 0.232. The van der Waals surface area contributed by atoms with E-state index in [0.29, 0.717) is 6.61 Å². The second-order valence-corrected chi connectivity index (χ2v) is 5.78. The van der Waals surface area contributed by atoms with E-state index in [1.54, 1.807) is 20.4 Å². The molecule has 0 amide bonds. The normalized spacial score (nSPS) is 10.9. The molecule has 0 spiro atoms. The Morgan fingerprint density at radius 3 is 2.59 bits per heavy atom. The van der Waals surface area contributed by atoms with E-state index in [-0.39, 0.29) is 24.0 Å². The number of aliphatic imine (C=N–C) groups is 1. The van der Waals surface area contributed by atoms with Crippen LogP contribution >= 0.6 is 24.0 Å². The van der Waals surface area contributed by atoms with E-state index in [9.17, 15) is 0 Å². The van der Waals surface area contributed by atoms with Gasteiger partial charge in [0.25, 0.3) is 0 Å². The molecule has 2 aromatic rings. The predicted octanol–water partition coefficient (Wildman–Crippen LogP) is 3.65. The van der Waals surface area contributed by atoms with Gasteiger partial charge in [0.15, 0.2) is 17.5 Å². The Bertz CT molecular complexity index is 675. The van der Waals surface area contributed by atoms with Gasteiger partial charge >= 0.3 is 0 Å². The first-order chi connectivity index (χ1) is 12.8. The molecule has 0 radical (unpaired) electrons. The van der Waals surface area contributed by atoms with Gasteiger partial charge in [0.1, 0.15) is 5.76 Å². The molecule has 0 atom stereocenters. The summed E-state index contributed by atoms with van der Waals surface area (Å²) in [5.74, 6) is 3.35. The molecular formula is C20H30IN3O3. The zero-order valence-electron chi connectivity index (χ0n) is 16.3. The Balaban J connectivity index is 0.00000364. The van der Waals surface area contributed by atoms with Crippen LogP contribution in [0.1, 0.15) is 24.7 Å². The summed E-state index contributed by atoms with van der Waals surface area (Å²) in [5, 5.41) is 6.62. The lowest BCUT2D eigenvalue weighted by Gasteiger charge is -2.13. The lowest BCUT2D eigenvalue weighted by atomic mass is 10.1. The van der Waals surface area contributed by atoms with Crippen molar-refractivity contribution in [3.8, 4) is 11.5 Å². The van der Waals surface area contributed by atoms with Crippen molar-refractivity contribution in [2.75, 3.05) is 33.9 Å². The molecule has 6 nitrogen and oxygen atoms in total. The molecule has 7 heteroatoms. The van der Waals surface area contributed by atoms with E-state index in [1.807, 2.05) is 25.1 Å². The van der Waals surface area contributed by atoms with Crippen LogP contribution in [-0.4, -0.2) is 39.8 Å². The third kappa shape index (κ3) is 8.11. The van der Waals surface area contributed by atoms with Crippen LogP contribution in [0.5, 0.6) is 11.5 Å². The first-order valence-electron chi connectivity index (χ1n) is 9.03. The van der Waals surface area contributed by atoms with Crippen molar-refractivity contribution in [1.29, 1.82) is 0 Å². The number of hydrogen-bond acceptors (Lipinski definition) is 4. The van der Waals surface area contributed by atoms with Crippen LogP contribution in [-0.2, 0) is 12.8 Å². The highest BCUT2D eigenvalue weighted by Crippen LogP contribution is 2.28. The van der Waals surface area contributed by atoms with Crippen LogP contribution < -0.4 is 20.1 Å². The van der Waals surface area contributed by atoms with Crippen molar-refractivity contribution in [3.63, 3.8) is 0 Å². The molecule has 0 aliphatic rings. The number of hydrogen-bond donors (Lipinski definition) is 2. The maximum absolute atomic E-state index is 5.63. The zero-order chi connectivity index (χ0) is 18.6. The van der Waals surface area contributed by atoms with E-state index < -0.39 is 0 Å². The molecule has 150 valence electrons. The highest BCUT2D eigenvalue weighted by molar-refractivity contribution is 14.0. The molecule has 0 aliphatic carbocycles. The molecule has 0 saturated carbocycles. The highest BCUT2D eigenvalue weighted by atomic mass is 127. The first-order valence-corrected chi connectivity index (χ1v) is 9.03. The largest absolute Gasteiger partial charge is 0.493 e. The summed E-state index contributed by atoms with van der Waals surface area (Å²) in [6.45, 7) is 4.22. The average Bonchev–Trinajstić information content (AvgIpc) is 3.17. The fourth-order valence-corrected chi connectivity index (χ4v) is 2.62. The third-order valence-electron chi connectivity index (χ3n) is 3.93. The smallest absolute Gasteiger partial charge is 0.190 e. The number of ether oxygens (including phenoxy) is 2. The number of nitrogens with zero attached hydrogens (tertiary/aromatic N) is 1. The summed E-state index contributed by atoms with van der Waals surface area (Å²) < 4.78 is 16.3. The number of halogens is 1. The Labute approximate surface area is 178 Å². The number of aryl methyl sites for hydroxylation is 1. The number of furan rings is 1. The minimum Gasteiger partial charge on any atom is -0.493 e. The molecule has 2 N–H and O–H groups in total. The lowest BCUT2D eigenvalue weighted by Crippen LogP contribution is -2.38. The fraction of sp³-hybridized carbons (Fsp3) is 0.450. The Morgan fingerprint density at radius 1 is 1.11 bits per heavy atom. The van der Waals surface area contributed by atoms with E-state index in [4.69, 9.17) is 13.9 Å². The van der Waals surface area contributed by atoms with Gasteiger partial charge in [0, 0.05) is 26.6 Å². The average molecular weight is 487 g/mol. The van der Waals surface area contributed by atoms with Crippen molar-refractivity contribution in [2.24, 2.45) is 4.99 Å². The molecule has 0 saturated heterocycles. The molecule has 27 heavy (non-hydrogen) atoms. The molecule has 0 aliphatic heterocycles. The Hall–Kier alpha value is -1.90. The summed E-state index contributed by atoms with van der Waals surface area (Å²) in [7, 11) is 3.44. The molecule has 0 unspecified atom stereocenters. The summed E-state index contributed by atoms with van der Waals surface area (Å²) in [6.07, 6.45) is 4.48. The van der Waals surface area contributed by atoms with E-state index >= 15 is 0 Å². The van der Waals surface area contributed by atoms with Crippen LogP contribution in [0.25, 0.3) is 0 Å². The molecule has 2 rings (SSSR count). The summed E-state index contributed by atoms with van der Waals surface area (Å²) in [4.78, 5) is 4.24. The number of guanidine groups is 1. The molecule has 0 bridgehead atoms. The number of methoxy groups -OCH3 is 1. The summed E-state index contributed by atoms with van der Waals surface area (Å²) in [6, 6.07) is 9.97. The van der Waals surface area contributed by atoms with E-state index in [2.05, 4.69) is 27.8 Å². The molecule has 0 fully saturated rings. The maximum Gasteiger partial charge on any atom is 0.190 e. The van der Waals surface area contributed by atoms with Crippen LogP contribution in [0.4, 0.5) is 0 Å². The van der Waals surface area contributed by atoms with Crippen LogP contribution in [0.15, 0.2) is 46.0 Å². The number of nitrogens with one attached hydrogen (secondary N) is 2. The highest BCUT2D eigenvalue weighted by Gasteiger charge is 2.05. The van der Waals surface area contributed by atoms with Crippen molar-refractivity contribution in [1.82, 2.24) is 10.6 Å². The van der Waals surface area contributed by atoms with E-state index in [1.165, 1.54) is 5.56 Å². The topological polar surface area (TPSA) is 68.0 Å². The van der Waals surface area contributed by atoms with Gasteiger partial charge in [-0.2, -0.15) is 0 Å². The number of rotatable bonds is 10. The first kappa shape index (κ1) is 23.1. The van der Waals surface area contributed by atoms with Gasteiger partial charge in [-0.3, -0.25) is 4.99 Å². The minimum absolute atomic E-state index is 0. The molecule has 1 heterocycles. The van der Waals surface area contributed by atoms with Gasteiger partial charge in [0.2, 0.25) is 0 Å². The van der Waals surface area contributed by atoms with E-state index in [0.717, 1.165) is 55.6 Å². The summed E-state index contributed by atoms with van der Waals surface area (Å²) >= 11 is 0. The van der Waals surface area contributed by atoms with Crippen LogP contribution in [0.2, 0.25) is 0 Å². The lowest BCUT2D eigenvalue weighted by molar-refractivity contribution is 0.310. The molecule has 1 aromatic carbocycles. The van der Waals surface area contributed by atoms with Crippen LogP contribution in [0, 0.1) is 0 Å². The van der Waals surface area contributed by atoms with Gasteiger partial charge in [0.05, 0.1) is 20.0 Å². The predicted molar refractivity (Wildman–Crippen MR) is 120 cm³/mol. The van der Waals surface area contributed by atoms with Gasteiger partial charge in [-0.1, -0.05) is 6.07 Å². The standard InChI is InChI=1S/C20H29N3O3.HI/c1-4-25-19-15-16(9-10-18(19)24-3)7-5-12-22-20(21-2)23-13-11-17-8-6-14-26-17;/h6,8-10,14-15H,4-5,7,11-13H2,1-3H3,(H2,21,22,23);1H. The molecular weight excluding hydrogens is 457 g/mol. The van der Waals surface area contributed by atoms with Crippen molar-refractivity contribution < 1.29 is 13.9 Å². The van der Waals surface area contributed by atoms with Gasteiger partial charge in [-0.15, -0.1) is 24.0 Å². The third-order valence-corrected chi connectivity index (χ3v) is 3.93. The minimum atomic E-state index is 0. The van der Waals surface area contributed by atoms with Crippen LogP contribution in [0.3, 0.4) is 0 Å². The molecule has 1 aromatic heterocycles. The summed E-state index contributed by atoms with van der Waals surface area (Å²) in [5.41, 5.74) is 1.23.